The molecule has 3 aromatic carbocycles. The van der Waals surface area contributed by atoms with Crippen molar-refractivity contribution in [1.82, 2.24) is 14.3 Å². The van der Waals surface area contributed by atoms with E-state index in [2.05, 4.69) is 21.8 Å². The Morgan fingerprint density at radius 1 is 1.07 bits per heavy atom. The number of aromatic nitrogens is 2. The molecule has 0 bridgehead atoms. The number of hydrogen-bond acceptors (Lipinski definition) is 4. The Hall–Kier alpha value is -3.63. The molecular weight excluding hydrogens is 588 g/mol. The van der Waals surface area contributed by atoms with E-state index in [-0.39, 0.29) is 29.6 Å². The third-order valence-corrected chi connectivity index (χ3v) is 9.06. The van der Waals surface area contributed by atoms with Gasteiger partial charge in [0.15, 0.2) is 0 Å². The molecule has 2 aliphatic rings. The molecule has 3 atom stereocenters. The van der Waals surface area contributed by atoms with Crippen LogP contribution in [0.2, 0.25) is 0 Å². The van der Waals surface area contributed by atoms with Crippen LogP contribution in [-0.4, -0.2) is 15.5 Å². The SMILES string of the molecule is CC.Cn1ccnc1CN(C(=O)[C@H]1C[C@@H]1c1ccc(F)cc1)c1ccc2c(c1)C(NSc1ccc(C(F)(F)F)cc1)CCC2. The van der Waals surface area contributed by atoms with E-state index in [4.69, 9.17) is 0 Å². The normalized spacial score (nSPS) is 19.0. The summed E-state index contributed by atoms with van der Waals surface area (Å²) in [7, 11) is 1.90. The Morgan fingerprint density at radius 2 is 1.80 bits per heavy atom. The average Bonchev–Trinajstić information content (AvgIpc) is 3.73. The van der Waals surface area contributed by atoms with Gasteiger partial charge in [-0.3, -0.25) is 9.52 Å². The molecule has 0 saturated heterocycles. The number of anilines is 1. The molecule has 1 aromatic heterocycles. The lowest BCUT2D eigenvalue weighted by molar-refractivity contribution is -0.137. The highest BCUT2D eigenvalue weighted by Crippen LogP contribution is 2.49. The van der Waals surface area contributed by atoms with E-state index in [1.165, 1.54) is 41.8 Å². The molecule has 1 N–H and O–H groups in total. The van der Waals surface area contributed by atoms with Gasteiger partial charge in [-0.1, -0.05) is 32.0 Å². The fraction of sp³-hybridized carbons (Fsp3) is 0.353. The van der Waals surface area contributed by atoms with Crippen LogP contribution in [0.1, 0.15) is 73.1 Å². The molecular formula is C34H36F4N4OS. The van der Waals surface area contributed by atoms with Gasteiger partial charge in [0.05, 0.1) is 12.1 Å². The first-order valence-corrected chi connectivity index (χ1v) is 15.7. The highest BCUT2D eigenvalue weighted by molar-refractivity contribution is 7.97. The lowest BCUT2D eigenvalue weighted by Crippen LogP contribution is -2.33. The standard InChI is InChI=1S/C32H30F4N4OS.C2H6/c1-39-16-15-37-30(39)19-40(31(41)28-18-26(28)21-5-10-23(33)11-6-21)24-12-7-20-3-2-4-29(27(20)17-24)38-42-25-13-8-22(9-14-25)32(34,35)36;1-2/h5-17,26,28-29,38H,2-4,18-19H2,1H3;1-2H3/t26-,28+,29?;/m1./s1. The zero-order valence-electron chi connectivity index (χ0n) is 24.9. The van der Waals surface area contributed by atoms with Crippen LogP contribution in [0, 0.1) is 11.7 Å². The van der Waals surface area contributed by atoms with E-state index in [0.29, 0.717) is 17.9 Å². The van der Waals surface area contributed by atoms with Gasteiger partial charge in [0, 0.05) is 42.0 Å². The highest BCUT2D eigenvalue weighted by atomic mass is 32.2. The second kappa shape index (κ2) is 13.6. The summed E-state index contributed by atoms with van der Waals surface area (Å²) in [5, 5.41) is 0. The van der Waals surface area contributed by atoms with Gasteiger partial charge in [-0.25, -0.2) is 9.37 Å². The molecule has 1 saturated carbocycles. The van der Waals surface area contributed by atoms with Crippen molar-refractivity contribution < 1.29 is 22.4 Å². The summed E-state index contributed by atoms with van der Waals surface area (Å²) < 4.78 is 57.7. The molecule has 0 radical (unpaired) electrons. The van der Waals surface area contributed by atoms with Crippen molar-refractivity contribution in [2.24, 2.45) is 13.0 Å². The molecule has 4 aromatic rings. The van der Waals surface area contributed by atoms with Gasteiger partial charge in [-0.15, -0.1) is 0 Å². The lowest BCUT2D eigenvalue weighted by atomic mass is 9.87. The molecule has 1 amide bonds. The first-order valence-electron chi connectivity index (χ1n) is 14.9. The van der Waals surface area contributed by atoms with Crippen molar-refractivity contribution >= 4 is 23.5 Å². The second-order valence-electron chi connectivity index (χ2n) is 10.9. The van der Waals surface area contributed by atoms with Crippen LogP contribution in [0.4, 0.5) is 23.2 Å². The summed E-state index contributed by atoms with van der Waals surface area (Å²) in [5.41, 5.74) is 3.34. The van der Waals surface area contributed by atoms with Gasteiger partial charge in [-0.2, -0.15) is 13.2 Å². The van der Waals surface area contributed by atoms with Crippen molar-refractivity contribution in [3.05, 3.63) is 113 Å². The summed E-state index contributed by atoms with van der Waals surface area (Å²) in [4.78, 5) is 20.9. The summed E-state index contributed by atoms with van der Waals surface area (Å²) in [6, 6.07) is 17.6. The summed E-state index contributed by atoms with van der Waals surface area (Å²) >= 11 is 1.31. The average molecular weight is 625 g/mol. The zero-order chi connectivity index (χ0) is 31.4. The topological polar surface area (TPSA) is 50.2 Å². The Morgan fingerprint density at radius 3 is 2.45 bits per heavy atom. The maximum absolute atomic E-state index is 14.0. The first-order chi connectivity index (χ1) is 21.2. The minimum Gasteiger partial charge on any atom is -0.337 e. The Labute approximate surface area is 259 Å². The zero-order valence-corrected chi connectivity index (χ0v) is 25.8. The second-order valence-corrected chi connectivity index (χ2v) is 11.9. The van der Waals surface area contributed by atoms with Crippen LogP contribution in [0.5, 0.6) is 0 Å². The van der Waals surface area contributed by atoms with Gasteiger partial charge in [0.1, 0.15) is 11.6 Å². The fourth-order valence-corrected chi connectivity index (χ4v) is 6.46. The van der Waals surface area contributed by atoms with Crippen LogP contribution in [-0.2, 0) is 31.0 Å². The van der Waals surface area contributed by atoms with Gasteiger partial charge in [0.25, 0.3) is 0 Å². The Bertz CT molecular complexity index is 1570. The predicted molar refractivity (Wildman–Crippen MR) is 166 cm³/mol. The molecule has 1 heterocycles. The Kier molecular flexibility index (Phi) is 9.80. The minimum atomic E-state index is -4.37. The first kappa shape index (κ1) is 31.8. The number of imidazole rings is 1. The van der Waals surface area contributed by atoms with Crippen LogP contribution in [0.15, 0.2) is 84.0 Å². The summed E-state index contributed by atoms with van der Waals surface area (Å²) in [6.45, 7) is 4.31. The van der Waals surface area contributed by atoms with Gasteiger partial charge in [0.2, 0.25) is 5.91 Å². The van der Waals surface area contributed by atoms with Gasteiger partial charge >= 0.3 is 6.18 Å². The van der Waals surface area contributed by atoms with Crippen molar-refractivity contribution in [2.75, 3.05) is 4.90 Å². The number of carbonyl (C=O) groups is 1. The number of aryl methyl sites for hydroxylation is 2. The van der Waals surface area contributed by atoms with Crippen LogP contribution in [0.3, 0.4) is 0 Å². The molecule has 232 valence electrons. The van der Waals surface area contributed by atoms with E-state index >= 15 is 0 Å². The number of fused-ring (bicyclic) bond motifs is 1. The van der Waals surface area contributed by atoms with Gasteiger partial charge in [-0.05, 0) is 109 Å². The smallest absolute Gasteiger partial charge is 0.337 e. The molecule has 6 rings (SSSR count). The minimum absolute atomic E-state index is 0.00623. The number of amides is 1. The summed E-state index contributed by atoms with van der Waals surface area (Å²) in [5.74, 6) is 0.316. The molecule has 10 heteroatoms. The van der Waals surface area contributed by atoms with Crippen LogP contribution in [0.25, 0.3) is 0 Å². The molecule has 1 unspecified atom stereocenters. The Balaban J connectivity index is 0.00000188. The third-order valence-electron chi connectivity index (χ3n) is 8.15. The number of carbonyl (C=O) groups excluding carboxylic acids is 1. The van der Waals surface area contributed by atoms with E-state index in [1.807, 2.05) is 37.7 Å². The fourth-order valence-electron chi connectivity index (χ4n) is 5.66. The molecule has 0 aliphatic heterocycles. The summed E-state index contributed by atoms with van der Waals surface area (Å²) in [6.07, 6.45) is 2.67. The quantitative estimate of drug-likeness (QED) is 0.158. The maximum atomic E-state index is 14.0. The molecule has 2 aliphatic carbocycles. The lowest BCUT2D eigenvalue weighted by Gasteiger charge is -2.29. The monoisotopic (exact) mass is 624 g/mol. The molecule has 0 spiro atoms. The number of benzene rings is 3. The number of nitrogens with one attached hydrogen (secondary N) is 1. The van der Waals surface area contributed by atoms with Crippen molar-refractivity contribution in [2.45, 2.75) is 69.1 Å². The third kappa shape index (κ3) is 7.18. The van der Waals surface area contributed by atoms with E-state index < -0.39 is 11.7 Å². The number of hydrogen-bond donors (Lipinski definition) is 1. The molecule has 5 nitrogen and oxygen atoms in total. The van der Waals surface area contributed by atoms with Gasteiger partial charge < -0.3 is 9.47 Å². The van der Waals surface area contributed by atoms with Crippen LogP contribution < -0.4 is 9.62 Å². The number of rotatable bonds is 8. The van der Waals surface area contributed by atoms with Crippen molar-refractivity contribution in [3.8, 4) is 0 Å². The highest BCUT2D eigenvalue weighted by Gasteiger charge is 2.46. The van der Waals surface area contributed by atoms with E-state index in [1.54, 1.807) is 23.2 Å². The predicted octanol–water partition coefficient (Wildman–Crippen LogP) is 8.62. The van der Waals surface area contributed by atoms with E-state index in [0.717, 1.165) is 54.0 Å². The maximum Gasteiger partial charge on any atom is 0.416 e. The van der Waals surface area contributed by atoms with E-state index in [9.17, 15) is 22.4 Å². The number of alkyl halides is 3. The molecule has 1 fully saturated rings. The van der Waals surface area contributed by atoms with Crippen molar-refractivity contribution in [3.63, 3.8) is 0 Å². The van der Waals surface area contributed by atoms with Crippen LogP contribution >= 0.6 is 11.9 Å². The number of halogens is 4. The molecule has 44 heavy (non-hydrogen) atoms. The van der Waals surface area contributed by atoms with Crippen molar-refractivity contribution in [1.29, 1.82) is 0 Å². The largest absolute Gasteiger partial charge is 0.416 e. The number of nitrogens with zero attached hydrogens (tertiary/aromatic N) is 3.